The molecule has 1 saturated heterocycles. The number of anilines is 1. The molecule has 7 rings (SSSR count). The maximum absolute atomic E-state index is 13.1. The van der Waals surface area contributed by atoms with Crippen LogP contribution in [-0.2, 0) is 16.6 Å². The van der Waals surface area contributed by atoms with Crippen LogP contribution in [0.25, 0.3) is 0 Å². The number of carbonyl (C=O) groups is 3. The van der Waals surface area contributed by atoms with Crippen molar-refractivity contribution in [2.75, 3.05) is 18.4 Å². The van der Waals surface area contributed by atoms with Gasteiger partial charge in [-0.3, -0.25) is 14.5 Å². The van der Waals surface area contributed by atoms with Crippen molar-refractivity contribution in [2.45, 2.75) is 56.1 Å². The Balaban J connectivity index is 1.31. The quantitative estimate of drug-likeness (QED) is 0.591. The number of amides is 1. The number of carbonyl (C=O) groups excluding carboxylic acids is 2. The van der Waals surface area contributed by atoms with E-state index in [1.807, 2.05) is 0 Å². The molecule has 4 atom stereocenters. The van der Waals surface area contributed by atoms with Crippen molar-refractivity contribution in [3.63, 3.8) is 0 Å². The highest BCUT2D eigenvalue weighted by Gasteiger charge is 2.66. The van der Waals surface area contributed by atoms with Gasteiger partial charge in [0.1, 0.15) is 0 Å². The van der Waals surface area contributed by atoms with Gasteiger partial charge in [0, 0.05) is 47.3 Å². The highest BCUT2D eigenvalue weighted by molar-refractivity contribution is 6.05. The van der Waals surface area contributed by atoms with Crippen LogP contribution in [0.2, 0.25) is 0 Å². The predicted molar refractivity (Wildman–Crippen MR) is 130 cm³/mol. The van der Waals surface area contributed by atoms with Crippen molar-refractivity contribution < 1.29 is 29.3 Å². The number of piperidine rings is 1. The number of hydrogen-bond donors (Lipinski definition) is 3. The summed E-state index contributed by atoms with van der Waals surface area (Å²) in [6, 6.07) is 7.58. The van der Waals surface area contributed by atoms with Gasteiger partial charge in [0.15, 0.2) is 23.4 Å². The lowest BCUT2D eigenvalue weighted by atomic mass is 9.51. The van der Waals surface area contributed by atoms with Crippen LogP contribution < -0.4 is 10.1 Å². The van der Waals surface area contributed by atoms with Crippen LogP contribution in [0, 0.1) is 11.8 Å². The zero-order valence-electron chi connectivity index (χ0n) is 19.8. The number of aromatic hydroxyl groups is 1. The molecule has 1 amide bonds. The lowest BCUT2D eigenvalue weighted by Gasteiger charge is -2.58. The number of nitrogens with one attached hydrogen (secondary N) is 1. The van der Waals surface area contributed by atoms with Crippen molar-refractivity contribution in [2.24, 2.45) is 11.8 Å². The number of phenolic OH excluding ortho intramolecular Hbond substituents is 1. The van der Waals surface area contributed by atoms with Gasteiger partial charge in [-0.1, -0.05) is 0 Å². The number of carboxylic acids is 1. The first-order valence-electron chi connectivity index (χ1n) is 12.8. The number of ketones is 1. The second kappa shape index (κ2) is 7.56. The second-order valence-electron chi connectivity index (χ2n) is 11.1. The van der Waals surface area contributed by atoms with Crippen LogP contribution in [0.4, 0.5) is 5.69 Å². The van der Waals surface area contributed by atoms with Gasteiger partial charge in [0.2, 0.25) is 0 Å². The van der Waals surface area contributed by atoms with E-state index in [-0.39, 0.29) is 35.0 Å². The number of nitrogens with zero attached hydrogens (tertiary/aromatic N) is 1. The van der Waals surface area contributed by atoms with E-state index in [1.165, 1.54) is 43.2 Å². The van der Waals surface area contributed by atoms with E-state index in [9.17, 15) is 19.5 Å². The Bertz CT molecular complexity index is 1320. The van der Waals surface area contributed by atoms with Crippen molar-refractivity contribution in [1.29, 1.82) is 0 Å². The summed E-state index contributed by atoms with van der Waals surface area (Å²) < 4.78 is 6.24. The third kappa shape index (κ3) is 3.00. The normalized spacial score (nSPS) is 29.9. The summed E-state index contributed by atoms with van der Waals surface area (Å²) in [4.78, 5) is 40.0. The van der Waals surface area contributed by atoms with Crippen molar-refractivity contribution in [1.82, 2.24) is 4.90 Å². The monoisotopic (exact) mass is 488 g/mol. The minimum Gasteiger partial charge on any atom is -0.504 e. The number of Topliss-reactive ketones (excluding diaryl/α,β-unsaturated/α-hetero) is 1. The molecule has 2 aromatic carbocycles. The van der Waals surface area contributed by atoms with E-state index in [0.717, 1.165) is 49.4 Å². The second-order valence-corrected chi connectivity index (χ2v) is 11.1. The highest BCUT2D eigenvalue weighted by Crippen LogP contribution is 2.64. The third-order valence-corrected chi connectivity index (χ3v) is 9.18. The number of aromatic carboxylic acids is 1. The van der Waals surface area contributed by atoms with Crippen molar-refractivity contribution >= 4 is 23.3 Å². The van der Waals surface area contributed by atoms with Gasteiger partial charge in [0.25, 0.3) is 5.91 Å². The fraction of sp³-hybridized carbons (Fsp3) is 0.464. The standard InChI is InChI=1S/C28H28N2O6/c31-21-8-7-18-20-11-17-19(29-26(33)15-3-5-16(6-4-15)27(34)35)12-22(32)24-23(17)28(18,25(21)36-24)9-10-30(20)13-14-1-2-14/h3-6,12,14,18,20,25,32H,1-2,7-11,13H2,(H,29,33)(H,34,35)/t18-,20+,25-,28-/m0/s1. The Morgan fingerprint density at radius 2 is 1.89 bits per heavy atom. The van der Waals surface area contributed by atoms with Gasteiger partial charge < -0.3 is 20.3 Å². The molecule has 0 unspecified atom stereocenters. The van der Waals surface area contributed by atoms with Gasteiger partial charge in [-0.15, -0.1) is 0 Å². The number of rotatable bonds is 5. The molecule has 2 heterocycles. The zero-order chi connectivity index (χ0) is 24.8. The molecular formula is C28H28N2O6. The van der Waals surface area contributed by atoms with Gasteiger partial charge in [-0.25, -0.2) is 4.79 Å². The SMILES string of the molecule is O=C(O)c1ccc(C(=O)Nc2cc(O)c3c4c2C[C@@H]2[C@@H]5CCC(=O)[C@H](O3)[C@]45CCN2CC2CC2)cc1. The van der Waals surface area contributed by atoms with Crippen LogP contribution in [-0.4, -0.2) is 58.0 Å². The molecule has 2 saturated carbocycles. The predicted octanol–water partition coefficient (Wildman–Crippen LogP) is 3.36. The molecule has 0 aromatic heterocycles. The Labute approximate surface area is 208 Å². The van der Waals surface area contributed by atoms with Crippen LogP contribution in [0.1, 0.15) is 63.9 Å². The van der Waals surface area contributed by atoms with Gasteiger partial charge in [-0.2, -0.15) is 0 Å². The zero-order valence-corrected chi connectivity index (χ0v) is 19.8. The maximum atomic E-state index is 13.1. The first-order valence-corrected chi connectivity index (χ1v) is 12.8. The van der Waals surface area contributed by atoms with E-state index in [1.54, 1.807) is 0 Å². The summed E-state index contributed by atoms with van der Waals surface area (Å²) in [6.07, 6.45) is 4.86. The fourth-order valence-corrected chi connectivity index (χ4v) is 7.42. The van der Waals surface area contributed by atoms with Crippen molar-refractivity contribution in [3.8, 4) is 11.5 Å². The van der Waals surface area contributed by atoms with Crippen LogP contribution in [0.5, 0.6) is 11.5 Å². The molecule has 3 N–H and O–H groups in total. The summed E-state index contributed by atoms with van der Waals surface area (Å²) in [5, 5.41) is 23.1. The summed E-state index contributed by atoms with van der Waals surface area (Å²) in [7, 11) is 0. The number of hydrogen-bond acceptors (Lipinski definition) is 6. The third-order valence-electron chi connectivity index (χ3n) is 9.18. The molecule has 5 aliphatic rings. The molecular weight excluding hydrogens is 460 g/mol. The number of benzene rings is 2. The Hall–Kier alpha value is -3.39. The fourth-order valence-electron chi connectivity index (χ4n) is 7.42. The van der Waals surface area contributed by atoms with Gasteiger partial charge >= 0.3 is 5.97 Å². The number of likely N-dealkylation sites (tertiary alicyclic amines) is 1. The molecule has 2 aliphatic heterocycles. The lowest BCUT2D eigenvalue weighted by molar-refractivity contribution is -0.138. The molecule has 2 bridgehead atoms. The molecule has 2 aromatic rings. The number of phenols is 1. The maximum Gasteiger partial charge on any atom is 0.335 e. The molecule has 1 spiro atoms. The Kier molecular flexibility index (Phi) is 4.59. The Morgan fingerprint density at radius 3 is 2.61 bits per heavy atom. The molecule has 36 heavy (non-hydrogen) atoms. The summed E-state index contributed by atoms with van der Waals surface area (Å²) in [5.41, 5.74) is 2.40. The lowest BCUT2D eigenvalue weighted by Crippen LogP contribution is -2.66. The van der Waals surface area contributed by atoms with Crippen molar-refractivity contribution in [3.05, 3.63) is 52.6 Å². The summed E-state index contributed by atoms with van der Waals surface area (Å²) >= 11 is 0. The van der Waals surface area contributed by atoms with Gasteiger partial charge in [0.05, 0.1) is 5.56 Å². The molecule has 0 radical (unpaired) electrons. The van der Waals surface area contributed by atoms with E-state index >= 15 is 0 Å². The highest BCUT2D eigenvalue weighted by atomic mass is 16.5. The summed E-state index contributed by atoms with van der Waals surface area (Å²) in [5.74, 6) is 0.0701. The minimum atomic E-state index is -1.05. The van der Waals surface area contributed by atoms with Gasteiger partial charge in [-0.05, 0) is 80.3 Å². The average Bonchev–Trinajstić information content (AvgIpc) is 3.61. The number of carboxylic acid groups (broad SMARTS) is 1. The molecule has 8 heteroatoms. The first-order chi connectivity index (χ1) is 17.4. The summed E-state index contributed by atoms with van der Waals surface area (Å²) in [6.45, 7) is 1.99. The topological polar surface area (TPSA) is 116 Å². The first kappa shape index (κ1) is 21.9. The molecule has 3 aliphatic carbocycles. The average molecular weight is 489 g/mol. The van der Waals surface area contributed by atoms with E-state index < -0.39 is 17.5 Å². The number of ether oxygens (including phenoxy) is 1. The molecule has 8 nitrogen and oxygen atoms in total. The van der Waals surface area contributed by atoms with E-state index in [4.69, 9.17) is 9.84 Å². The van der Waals surface area contributed by atoms with E-state index in [0.29, 0.717) is 23.4 Å². The van der Waals surface area contributed by atoms with Crippen LogP contribution in [0.3, 0.4) is 0 Å². The van der Waals surface area contributed by atoms with E-state index in [2.05, 4.69) is 10.2 Å². The molecule has 186 valence electrons. The molecule has 3 fully saturated rings. The van der Waals surface area contributed by atoms with Crippen LogP contribution in [0.15, 0.2) is 30.3 Å². The Morgan fingerprint density at radius 1 is 1.14 bits per heavy atom. The smallest absolute Gasteiger partial charge is 0.335 e. The van der Waals surface area contributed by atoms with Crippen LogP contribution >= 0.6 is 0 Å². The minimum absolute atomic E-state index is 0.0561. The largest absolute Gasteiger partial charge is 0.504 e.